The summed E-state index contributed by atoms with van der Waals surface area (Å²) in [5.74, 6) is 0.0340. The minimum Gasteiger partial charge on any atom is -0.507 e. The van der Waals surface area contributed by atoms with E-state index in [-0.39, 0.29) is 11.7 Å². The molecular weight excluding hydrogens is 317 g/mol. The fourth-order valence-corrected chi connectivity index (χ4v) is 2.44. The second-order valence-corrected chi connectivity index (χ2v) is 5.26. The molecular formula is C12H14INO2. The SMILES string of the molecule is O=C(c1cc(I)ccc1O)N1CCCCC1. The van der Waals surface area contributed by atoms with E-state index in [9.17, 15) is 9.90 Å². The van der Waals surface area contributed by atoms with Crippen molar-refractivity contribution in [2.75, 3.05) is 13.1 Å². The molecule has 1 saturated heterocycles. The van der Waals surface area contributed by atoms with E-state index in [4.69, 9.17) is 0 Å². The summed E-state index contributed by atoms with van der Waals surface area (Å²) in [4.78, 5) is 14.0. The Morgan fingerprint density at radius 3 is 2.62 bits per heavy atom. The molecule has 2 rings (SSSR count). The van der Waals surface area contributed by atoms with Gasteiger partial charge in [0.05, 0.1) is 5.56 Å². The van der Waals surface area contributed by atoms with Gasteiger partial charge in [-0.3, -0.25) is 4.79 Å². The Morgan fingerprint density at radius 2 is 1.94 bits per heavy atom. The quantitative estimate of drug-likeness (QED) is 0.804. The van der Waals surface area contributed by atoms with Gasteiger partial charge in [-0.1, -0.05) is 0 Å². The van der Waals surface area contributed by atoms with E-state index in [1.807, 2.05) is 4.90 Å². The number of carbonyl (C=O) groups is 1. The molecule has 0 unspecified atom stereocenters. The number of likely N-dealkylation sites (tertiary alicyclic amines) is 1. The van der Waals surface area contributed by atoms with Crippen molar-refractivity contribution in [3.63, 3.8) is 0 Å². The second kappa shape index (κ2) is 5.03. The van der Waals surface area contributed by atoms with Crippen molar-refractivity contribution in [1.29, 1.82) is 0 Å². The summed E-state index contributed by atoms with van der Waals surface area (Å²) < 4.78 is 0.968. The number of phenols is 1. The van der Waals surface area contributed by atoms with Crippen molar-refractivity contribution >= 4 is 28.5 Å². The van der Waals surface area contributed by atoms with Gasteiger partial charge in [0, 0.05) is 16.7 Å². The highest BCUT2D eigenvalue weighted by molar-refractivity contribution is 14.1. The van der Waals surface area contributed by atoms with Crippen LogP contribution in [0.15, 0.2) is 18.2 Å². The molecule has 1 aromatic carbocycles. The number of halogens is 1. The largest absolute Gasteiger partial charge is 0.507 e. The molecule has 0 spiro atoms. The number of amides is 1. The third-order valence-corrected chi connectivity index (χ3v) is 3.50. The molecule has 86 valence electrons. The number of phenolic OH excluding ortho intramolecular Hbond substituents is 1. The molecule has 0 bridgehead atoms. The molecule has 0 radical (unpaired) electrons. The summed E-state index contributed by atoms with van der Waals surface area (Å²) in [5, 5.41) is 9.69. The van der Waals surface area contributed by atoms with Gasteiger partial charge in [0.2, 0.25) is 0 Å². The maximum atomic E-state index is 12.1. The normalized spacial score (nSPS) is 16.2. The van der Waals surface area contributed by atoms with E-state index in [1.54, 1.807) is 18.2 Å². The lowest BCUT2D eigenvalue weighted by Crippen LogP contribution is -2.35. The van der Waals surface area contributed by atoms with Gasteiger partial charge in [0.1, 0.15) is 5.75 Å². The van der Waals surface area contributed by atoms with Crippen LogP contribution in [0.3, 0.4) is 0 Å². The lowest BCUT2D eigenvalue weighted by Gasteiger charge is -2.27. The molecule has 16 heavy (non-hydrogen) atoms. The molecule has 0 saturated carbocycles. The Kier molecular flexibility index (Phi) is 3.68. The Hall–Kier alpha value is -0.780. The molecule has 1 aromatic rings. The monoisotopic (exact) mass is 331 g/mol. The van der Waals surface area contributed by atoms with Gasteiger partial charge < -0.3 is 10.0 Å². The zero-order valence-corrected chi connectivity index (χ0v) is 11.1. The van der Waals surface area contributed by atoms with Gasteiger partial charge in [0.15, 0.2) is 0 Å². The minimum atomic E-state index is -0.0456. The van der Waals surface area contributed by atoms with Gasteiger partial charge >= 0.3 is 0 Å². The van der Waals surface area contributed by atoms with Crippen molar-refractivity contribution in [3.05, 3.63) is 27.3 Å². The van der Waals surface area contributed by atoms with Crippen LogP contribution in [0.1, 0.15) is 29.6 Å². The highest BCUT2D eigenvalue weighted by Gasteiger charge is 2.20. The molecule has 1 amide bonds. The molecule has 3 nitrogen and oxygen atoms in total. The molecule has 4 heteroatoms. The van der Waals surface area contributed by atoms with E-state index >= 15 is 0 Å². The lowest BCUT2D eigenvalue weighted by molar-refractivity contribution is 0.0721. The summed E-state index contributed by atoms with van der Waals surface area (Å²) in [5.41, 5.74) is 0.425. The Labute approximate surface area is 109 Å². The molecule has 0 aromatic heterocycles. The van der Waals surface area contributed by atoms with Crippen molar-refractivity contribution < 1.29 is 9.90 Å². The summed E-state index contributed by atoms with van der Waals surface area (Å²) in [6.45, 7) is 1.62. The van der Waals surface area contributed by atoms with Gasteiger partial charge in [-0.05, 0) is 60.1 Å². The molecule has 1 fully saturated rings. The number of hydrogen-bond donors (Lipinski definition) is 1. The van der Waals surface area contributed by atoms with Gasteiger partial charge in [-0.25, -0.2) is 0 Å². The number of nitrogens with zero attached hydrogens (tertiary/aromatic N) is 1. The number of piperidine rings is 1. The second-order valence-electron chi connectivity index (χ2n) is 4.01. The lowest BCUT2D eigenvalue weighted by atomic mass is 10.1. The standard InChI is InChI=1S/C12H14INO2/c13-9-4-5-11(15)10(8-9)12(16)14-6-2-1-3-7-14/h4-5,8,15H,1-3,6-7H2. The zero-order chi connectivity index (χ0) is 11.5. The van der Waals surface area contributed by atoms with E-state index in [2.05, 4.69) is 22.6 Å². The number of carbonyl (C=O) groups excluding carboxylic acids is 1. The average Bonchev–Trinajstić information content (AvgIpc) is 2.32. The van der Waals surface area contributed by atoms with E-state index in [1.165, 1.54) is 6.42 Å². The van der Waals surface area contributed by atoms with Crippen molar-refractivity contribution in [1.82, 2.24) is 4.90 Å². The van der Waals surface area contributed by atoms with Crippen LogP contribution >= 0.6 is 22.6 Å². The summed E-state index contributed by atoms with van der Waals surface area (Å²) in [6, 6.07) is 5.12. The Balaban J connectivity index is 2.22. The topological polar surface area (TPSA) is 40.5 Å². The van der Waals surface area contributed by atoms with Gasteiger partial charge in [0.25, 0.3) is 5.91 Å². The Morgan fingerprint density at radius 1 is 1.25 bits per heavy atom. The van der Waals surface area contributed by atoms with Crippen molar-refractivity contribution in [2.24, 2.45) is 0 Å². The third kappa shape index (κ3) is 2.48. The van der Waals surface area contributed by atoms with Crippen LogP contribution in [0, 0.1) is 3.57 Å². The number of rotatable bonds is 1. The zero-order valence-electron chi connectivity index (χ0n) is 8.95. The number of benzene rings is 1. The highest BCUT2D eigenvalue weighted by Crippen LogP contribution is 2.22. The molecule has 0 atom stereocenters. The van der Waals surface area contributed by atoms with Crippen LogP contribution in [0.25, 0.3) is 0 Å². The van der Waals surface area contributed by atoms with Crippen molar-refractivity contribution in [2.45, 2.75) is 19.3 Å². The van der Waals surface area contributed by atoms with Crippen LogP contribution in [0.4, 0.5) is 0 Å². The molecule has 1 aliphatic heterocycles. The molecule has 1 N–H and O–H groups in total. The smallest absolute Gasteiger partial charge is 0.257 e. The highest BCUT2D eigenvalue weighted by atomic mass is 127. The van der Waals surface area contributed by atoms with Gasteiger partial charge in [-0.2, -0.15) is 0 Å². The predicted molar refractivity (Wildman–Crippen MR) is 70.6 cm³/mol. The van der Waals surface area contributed by atoms with Crippen LogP contribution in [-0.4, -0.2) is 29.0 Å². The van der Waals surface area contributed by atoms with E-state index in [0.717, 1.165) is 29.5 Å². The first kappa shape index (κ1) is 11.7. The van der Waals surface area contributed by atoms with E-state index in [0.29, 0.717) is 5.56 Å². The van der Waals surface area contributed by atoms with Crippen LogP contribution in [0.2, 0.25) is 0 Å². The molecule has 0 aliphatic carbocycles. The first-order valence-corrected chi connectivity index (χ1v) is 6.54. The van der Waals surface area contributed by atoms with Crippen LogP contribution in [0.5, 0.6) is 5.75 Å². The minimum absolute atomic E-state index is 0.0456. The number of hydrogen-bond acceptors (Lipinski definition) is 2. The summed E-state index contributed by atoms with van der Waals surface area (Å²) >= 11 is 2.14. The maximum Gasteiger partial charge on any atom is 0.257 e. The van der Waals surface area contributed by atoms with Crippen molar-refractivity contribution in [3.8, 4) is 5.75 Å². The molecule has 1 heterocycles. The van der Waals surface area contributed by atoms with Gasteiger partial charge in [-0.15, -0.1) is 0 Å². The Bertz CT molecular complexity index is 400. The molecule has 1 aliphatic rings. The fraction of sp³-hybridized carbons (Fsp3) is 0.417. The summed E-state index contributed by atoms with van der Waals surface area (Å²) in [7, 11) is 0. The third-order valence-electron chi connectivity index (χ3n) is 2.83. The first-order chi connectivity index (χ1) is 7.68. The van der Waals surface area contributed by atoms with E-state index < -0.39 is 0 Å². The fourth-order valence-electron chi connectivity index (χ4n) is 1.95. The number of aromatic hydroxyl groups is 1. The maximum absolute atomic E-state index is 12.1. The predicted octanol–water partition coefficient (Wildman–Crippen LogP) is 2.62. The average molecular weight is 331 g/mol. The van der Waals surface area contributed by atoms with Crippen LogP contribution in [-0.2, 0) is 0 Å². The van der Waals surface area contributed by atoms with Crippen LogP contribution < -0.4 is 0 Å². The first-order valence-electron chi connectivity index (χ1n) is 5.46. The summed E-state index contributed by atoms with van der Waals surface area (Å²) in [6.07, 6.45) is 3.33.